The molecule has 2 aromatic rings. The lowest BCUT2D eigenvalue weighted by molar-refractivity contribution is -0.118. The van der Waals surface area contributed by atoms with Crippen LogP contribution in [0.5, 0.6) is 5.75 Å². The van der Waals surface area contributed by atoms with Gasteiger partial charge in [-0.15, -0.1) is 23.5 Å². The third kappa shape index (κ3) is 6.21. The molecule has 3 rings (SSSR count). The van der Waals surface area contributed by atoms with Crippen LogP contribution in [-0.4, -0.2) is 49.8 Å². The normalized spacial score (nSPS) is 15.0. The number of carbonyl (C=O) groups excluding carboxylic acids is 1. The molecule has 0 spiro atoms. The number of rotatable bonds is 9. The number of nitrogens with one attached hydrogen (secondary N) is 1. The molecule has 1 amide bonds. The standard InChI is InChI=1S/C23H30N2O4S3/c1-4-25(5-2)32(27,28)21-15-19(10-7-17(21)3)24-22(26)16-29-20-11-8-18(9-12-20)23-30-13-6-14-31-23/h7-12,15,23H,4-6,13-14,16H2,1-3H3,(H,24,26). The number of thioether (sulfide) groups is 2. The molecule has 9 heteroatoms. The number of sulfonamides is 1. The zero-order chi connectivity index (χ0) is 23.1. The van der Waals surface area contributed by atoms with E-state index in [0.717, 1.165) is 0 Å². The Labute approximate surface area is 199 Å². The SMILES string of the molecule is CCN(CC)S(=O)(=O)c1cc(NC(=O)COc2ccc(C3SCCCS3)cc2)ccc1C. The number of benzene rings is 2. The van der Waals surface area contributed by atoms with Gasteiger partial charge in [-0.2, -0.15) is 4.31 Å². The van der Waals surface area contributed by atoms with E-state index in [9.17, 15) is 13.2 Å². The van der Waals surface area contributed by atoms with Gasteiger partial charge in [-0.25, -0.2) is 8.42 Å². The molecule has 1 heterocycles. The second-order valence-electron chi connectivity index (χ2n) is 7.40. The minimum Gasteiger partial charge on any atom is -0.484 e. The first-order chi connectivity index (χ1) is 15.3. The van der Waals surface area contributed by atoms with Gasteiger partial charge in [0.15, 0.2) is 6.61 Å². The predicted molar refractivity (Wildman–Crippen MR) is 134 cm³/mol. The molecule has 1 fully saturated rings. The van der Waals surface area contributed by atoms with Crippen molar-refractivity contribution in [1.82, 2.24) is 4.31 Å². The second kappa shape index (κ2) is 11.4. The summed E-state index contributed by atoms with van der Waals surface area (Å²) < 4.78 is 33.3. The fourth-order valence-corrected chi connectivity index (χ4v) is 8.01. The van der Waals surface area contributed by atoms with Crippen LogP contribution < -0.4 is 10.1 Å². The Hall–Kier alpha value is -1.68. The predicted octanol–water partition coefficient (Wildman–Crippen LogP) is 4.91. The van der Waals surface area contributed by atoms with E-state index in [2.05, 4.69) is 5.32 Å². The summed E-state index contributed by atoms with van der Waals surface area (Å²) in [6.07, 6.45) is 1.26. The zero-order valence-electron chi connectivity index (χ0n) is 18.7. The number of anilines is 1. The van der Waals surface area contributed by atoms with Crippen molar-refractivity contribution in [1.29, 1.82) is 0 Å². The highest BCUT2D eigenvalue weighted by Crippen LogP contribution is 2.43. The van der Waals surface area contributed by atoms with Crippen LogP contribution in [0.25, 0.3) is 0 Å². The molecule has 1 saturated heterocycles. The summed E-state index contributed by atoms with van der Waals surface area (Å²) in [5.74, 6) is 2.66. The summed E-state index contributed by atoms with van der Waals surface area (Å²) in [7, 11) is -3.61. The lowest BCUT2D eigenvalue weighted by Gasteiger charge is -2.21. The van der Waals surface area contributed by atoms with Crippen molar-refractivity contribution in [2.24, 2.45) is 0 Å². The van der Waals surface area contributed by atoms with Crippen LogP contribution in [0.3, 0.4) is 0 Å². The quantitative estimate of drug-likeness (QED) is 0.534. The molecule has 0 atom stereocenters. The lowest BCUT2D eigenvalue weighted by atomic mass is 10.2. The molecule has 1 aliphatic rings. The Morgan fingerprint density at radius 3 is 2.38 bits per heavy atom. The minimum atomic E-state index is -3.61. The van der Waals surface area contributed by atoms with Crippen molar-refractivity contribution in [3.05, 3.63) is 53.6 Å². The van der Waals surface area contributed by atoms with Crippen LogP contribution in [0.4, 0.5) is 5.69 Å². The average Bonchev–Trinajstić information content (AvgIpc) is 2.80. The number of aryl methyl sites for hydroxylation is 1. The average molecular weight is 495 g/mol. The number of ether oxygens (including phenoxy) is 1. The Morgan fingerprint density at radius 1 is 1.09 bits per heavy atom. The van der Waals surface area contributed by atoms with Crippen molar-refractivity contribution >= 4 is 45.1 Å². The first-order valence-electron chi connectivity index (χ1n) is 10.7. The highest BCUT2D eigenvalue weighted by Gasteiger charge is 2.24. The minimum absolute atomic E-state index is 0.154. The van der Waals surface area contributed by atoms with E-state index in [1.165, 1.54) is 33.9 Å². The lowest BCUT2D eigenvalue weighted by Crippen LogP contribution is -2.31. The van der Waals surface area contributed by atoms with Gasteiger partial charge in [-0.05, 0) is 60.2 Å². The summed E-state index contributed by atoms with van der Waals surface area (Å²) >= 11 is 3.92. The summed E-state index contributed by atoms with van der Waals surface area (Å²) in [6, 6.07) is 12.8. The summed E-state index contributed by atoms with van der Waals surface area (Å²) in [5.41, 5.74) is 2.33. The van der Waals surface area contributed by atoms with Crippen LogP contribution in [0, 0.1) is 6.92 Å². The Bertz CT molecular complexity index is 1020. The number of hydrogen-bond acceptors (Lipinski definition) is 6. The maximum Gasteiger partial charge on any atom is 0.262 e. The van der Waals surface area contributed by atoms with Crippen LogP contribution in [0.2, 0.25) is 0 Å². The molecular formula is C23H30N2O4S3. The van der Waals surface area contributed by atoms with Gasteiger partial charge in [0.2, 0.25) is 10.0 Å². The van der Waals surface area contributed by atoms with E-state index in [1.54, 1.807) is 32.9 Å². The van der Waals surface area contributed by atoms with Crippen LogP contribution in [-0.2, 0) is 14.8 Å². The van der Waals surface area contributed by atoms with Gasteiger partial charge in [0.25, 0.3) is 5.91 Å². The number of amides is 1. The monoisotopic (exact) mass is 494 g/mol. The third-order valence-electron chi connectivity index (χ3n) is 5.14. The molecule has 2 aromatic carbocycles. The van der Waals surface area contributed by atoms with Gasteiger partial charge < -0.3 is 10.1 Å². The second-order valence-corrected chi connectivity index (χ2v) is 12.0. The van der Waals surface area contributed by atoms with E-state index < -0.39 is 10.0 Å². The molecule has 1 N–H and O–H groups in total. The van der Waals surface area contributed by atoms with Crippen molar-refractivity contribution in [2.75, 3.05) is 36.5 Å². The summed E-state index contributed by atoms with van der Waals surface area (Å²) in [4.78, 5) is 12.6. The largest absolute Gasteiger partial charge is 0.484 e. The van der Waals surface area contributed by atoms with Gasteiger partial charge in [-0.3, -0.25) is 4.79 Å². The molecule has 0 saturated carbocycles. The molecular weight excluding hydrogens is 464 g/mol. The topological polar surface area (TPSA) is 75.7 Å². The molecule has 0 aromatic heterocycles. The molecule has 0 radical (unpaired) electrons. The van der Waals surface area contributed by atoms with Gasteiger partial charge in [-0.1, -0.05) is 32.0 Å². The van der Waals surface area contributed by atoms with E-state index in [4.69, 9.17) is 4.74 Å². The van der Waals surface area contributed by atoms with Gasteiger partial charge in [0.1, 0.15) is 5.75 Å². The van der Waals surface area contributed by atoms with Crippen molar-refractivity contribution in [3.8, 4) is 5.75 Å². The number of hydrogen-bond donors (Lipinski definition) is 1. The first-order valence-corrected chi connectivity index (χ1v) is 14.3. The number of nitrogens with zero attached hydrogens (tertiary/aromatic N) is 1. The fraction of sp³-hybridized carbons (Fsp3) is 0.435. The van der Waals surface area contributed by atoms with Crippen molar-refractivity contribution < 1.29 is 17.9 Å². The highest BCUT2D eigenvalue weighted by atomic mass is 32.2. The van der Waals surface area contributed by atoms with Gasteiger partial charge in [0, 0.05) is 18.8 Å². The molecule has 0 unspecified atom stereocenters. The molecule has 1 aliphatic heterocycles. The van der Waals surface area contributed by atoms with E-state index in [0.29, 0.717) is 34.7 Å². The molecule has 174 valence electrons. The van der Waals surface area contributed by atoms with Gasteiger partial charge >= 0.3 is 0 Å². The maximum atomic E-state index is 12.9. The summed E-state index contributed by atoms with van der Waals surface area (Å²) in [5, 5.41) is 2.74. The van der Waals surface area contributed by atoms with Crippen molar-refractivity contribution in [3.63, 3.8) is 0 Å². The number of carbonyl (C=O) groups is 1. The smallest absolute Gasteiger partial charge is 0.262 e. The van der Waals surface area contributed by atoms with Crippen molar-refractivity contribution in [2.45, 2.75) is 36.7 Å². The Kier molecular flexibility index (Phi) is 8.93. The third-order valence-corrected chi connectivity index (χ3v) is 10.4. The Balaban J connectivity index is 1.60. The maximum absolute atomic E-state index is 12.9. The van der Waals surface area contributed by atoms with E-state index in [1.807, 2.05) is 47.8 Å². The first kappa shape index (κ1) is 25.0. The molecule has 6 nitrogen and oxygen atoms in total. The highest BCUT2D eigenvalue weighted by molar-refractivity contribution is 8.16. The van der Waals surface area contributed by atoms with Crippen LogP contribution in [0.1, 0.15) is 36.0 Å². The van der Waals surface area contributed by atoms with Gasteiger partial charge in [0.05, 0.1) is 9.48 Å². The molecule has 0 bridgehead atoms. The van der Waals surface area contributed by atoms with Crippen LogP contribution in [0.15, 0.2) is 47.4 Å². The van der Waals surface area contributed by atoms with E-state index in [-0.39, 0.29) is 17.4 Å². The Morgan fingerprint density at radius 2 is 1.75 bits per heavy atom. The van der Waals surface area contributed by atoms with E-state index >= 15 is 0 Å². The molecule has 0 aliphatic carbocycles. The molecule has 32 heavy (non-hydrogen) atoms. The zero-order valence-corrected chi connectivity index (χ0v) is 21.1. The fourth-order valence-electron chi connectivity index (χ4n) is 3.41. The summed E-state index contributed by atoms with van der Waals surface area (Å²) in [6.45, 7) is 5.98. The van der Waals surface area contributed by atoms with Crippen LogP contribution >= 0.6 is 23.5 Å².